The second-order valence-corrected chi connectivity index (χ2v) is 13.1. The minimum absolute atomic E-state index is 0.0659. The monoisotopic (exact) mass is 565 g/mol. The van der Waals surface area contributed by atoms with Crippen LogP contribution in [0.25, 0.3) is 0 Å². The molecule has 2 aliphatic rings. The minimum atomic E-state index is -1.05. The van der Waals surface area contributed by atoms with Crippen LogP contribution in [0.4, 0.5) is 4.79 Å². The molecule has 0 aromatic heterocycles. The maximum Gasteiger partial charge on any atom is 0.410 e. The number of rotatable bonds is 7. The molecule has 2 aromatic rings. The quantitative estimate of drug-likeness (QED) is 0.510. The van der Waals surface area contributed by atoms with Crippen LogP contribution in [-0.2, 0) is 24.2 Å². The largest absolute Gasteiger partial charge is 0.493 e. The fraction of sp³-hybridized carbons (Fsp3) is 0.531. The number of hydrogen-bond acceptors (Lipinski definition) is 6. The number of nitrogens with one attached hydrogen (secondary N) is 1. The molecule has 2 atom stereocenters. The van der Waals surface area contributed by atoms with Gasteiger partial charge in [0.1, 0.15) is 11.4 Å². The molecule has 222 valence electrons. The Balaban J connectivity index is 1.52. The predicted octanol–water partition coefficient (Wildman–Crippen LogP) is 4.54. The number of ether oxygens (including phenoxy) is 2. The molecule has 0 bridgehead atoms. The summed E-state index contributed by atoms with van der Waals surface area (Å²) in [6.45, 7) is 15.0. The molecule has 0 spiro atoms. The Morgan fingerprint density at radius 2 is 1.73 bits per heavy atom. The summed E-state index contributed by atoms with van der Waals surface area (Å²) in [6, 6.07) is 10.6. The number of carbonyl (C=O) groups excluding carboxylic acids is 3. The van der Waals surface area contributed by atoms with Gasteiger partial charge in [0, 0.05) is 31.7 Å². The maximum atomic E-state index is 13.4. The van der Waals surface area contributed by atoms with Crippen molar-refractivity contribution in [2.45, 2.75) is 85.7 Å². The van der Waals surface area contributed by atoms with E-state index in [4.69, 9.17) is 9.47 Å². The number of aliphatic hydroxyl groups is 1. The molecule has 2 aromatic carbocycles. The highest BCUT2D eigenvalue weighted by Gasteiger charge is 2.37. The Bertz CT molecular complexity index is 1310. The third kappa shape index (κ3) is 7.19. The van der Waals surface area contributed by atoms with E-state index in [1.807, 2.05) is 31.2 Å². The Hall–Kier alpha value is -3.59. The van der Waals surface area contributed by atoms with Crippen LogP contribution in [0.3, 0.4) is 0 Å². The van der Waals surface area contributed by atoms with Gasteiger partial charge in [0.15, 0.2) is 0 Å². The Morgan fingerprint density at radius 3 is 2.37 bits per heavy atom. The van der Waals surface area contributed by atoms with Crippen LogP contribution < -0.4 is 10.1 Å². The van der Waals surface area contributed by atoms with Gasteiger partial charge in [-0.2, -0.15) is 0 Å². The van der Waals surface area contributed by atoms with Crippen molar-refractivity contribution >= 4 is 17.9 Å². The van der Waals surface area contributed by atoms with Gasteiger partial charge in [-0.05, 0) is 68.4 Å². The van der Waals surface area contributed by atoms with Crippen molar-refractivity contribution in [2.75, 3.05) is 19.7 Å². The highest BCUT2D eigenvalue weighted by atomic mass is 16.6. The van der Waals surface area contributed by atoms with Gasteiger partial charge >= 0.3 is 6.09 Å². The first-order valence-electron chi connectivity index (χ1n) is 14.3. The Kier molecular flexibility index (Phi) is 8.68. The lowest BCUT2D eigenvalue weighted by Gasteiger charge is -2.40. The van der Waals surface area contributed by atoms with Crippen molar-refractivity contribution in [3.05, 3.63) is 64.2 Å². The van der Waals surface area contributed by atoms with Crippen molar-refractivity contribution in [1.82, 2.24) is 15.1 Å². The number of amides is 3. The second-order valence-electron chi connectivity index (χ2n) is 13.1. The van der Waals surface area contributed by atoms with Crippen LogP contribution in [-0.4, -0.2) is 70.3 Å². The van der Waals surface area contributed by atoms with Crippen LogP contribution in [0.5, 0.6) is 5.75 Å². The summed E-state index contributed by atoms with van der Waals surface area (Å²) in [6.07, 6.45) is -1.13. The standard InChI is InChI=1S/C32H43N3O6/c1-8-40-27-15-23-22(17-34(29(23)38)19-31(2,3)4)13-24(27)28(37)33-16-26(36)25-14-20-11-9-10-12-21(20)18-35(25)30(39)41-32(5,6)7/h9-13,15,25-26,36H,8,14,16-19H2,1-7H3,(H,33,37)/t25-,26+/m0/s1. The summed E-state index contributed by atoms with van der Waals surface area (Å²) >= 11 is 0. The molecule has 0 aliphatic carbocycles. The van der Waals surface area contributed by atoms with Gasteiger partial charge in [-0.15, -0.1) is 0 Å². The topological polar surface area (TPSA) is 108 Å². The summed E-state index contributed by atoms with van der Waals surface area (Å²) in [5, 5.41) is 14.1. The van der Waals surface area contributed by atoms with E-state index in [2.05, 4.69) is 26.1 Å². The third-order valence-corrected chi connectivity index (χ3v) is 7.13. The van der Waals surface area contributed by atoms with Gasteiger partial charge in [-0.25, -0.2) is 4.79 Å². The van der Waals surface area contributed by atoms with Crippen LogP contribution in [0, 0.1) is 5.41 Å². The van der Waals surface area contributed by atoms with E-state index in [1.54, 1.807) is 42.7 Å². The summed E-state index contributed by atoms with van der Waals surface area (Å²) in [4.78, 5) is 42.9. The number of fused-ring (bicyclic) bond motifs is 2. The van der Waals surface area contributed by atoms with Crippen molar-refractivity contribution in [3.8, 4) is 5.75 Å². The van der Waals surface area contributed by atoms with Gasteiger partial charge in [0.2, 0.25) is 0 Å². The van der Waals surface area contributed by atoms with Gasteiger partial charge < -0.3 is 24.8 Å². The molecule has 9 heteroatoms. The molecule has 4 rings (SSSR count). The zero-order valence-electron chi connectivity index (χ0n) is 25.2. The normalized spacial score (nSPS) is 17.6. The number of aliphatic hydroxyl groups excluding tert-OH is 1. The average Bonchev–Trinajstić information content (AvgIpc) is 3.17. The molecule has 41 heavy (non-hydrogen) atoms. The molecule has 0 saturated heterocycles. The zero-order valence-corrected chi connectivity index (χ0v) is 25.2. The summed E-state index contributed by atoms with van der Waals surface area (Å²) in [5.74, 6) is -0.165. The van der Waals surface area contributed by atoms with Gasteiger partial charge in [0.05, 0.1) is 24.3 Å². The fourth-order valence-electron chi connectivity index (χ4n) is 5.39. The van der Waals surface area contributed by atoms with E-state index in [0.717, 1.165) is 16.7 Å². The number of nitrogens with zero attached hydrogens (tertiary/aromatic N) is 2. The van der Waals surface area contributed by atoms with Crippen molar-refractivity contribution < 1.29 is 29.0 Å². The molecular weight excluding hydrogens is 522 g/mol. The van der Waals surface area contributed by atoms with Gasteiger partial charge in [-0.3, -0.25) is 14.5 Å². The zero-order chi connectivity index (χ0) is 30.1. The lowest BCUT2D eigenvalue weighted by atomic mass is 9.91. The van der Waals surface area contributed by atoms with Crippen LogP contribution >= 0.6 is 0 Å². The lowest BCUT2D eigenvalue weighted by Crippen LogP contribution is -2.54. The predicted molar refractivity (Wildman–Crippen MR) is 156 cm³/mol. The molecule has 0 unspecified atom stereocenters. The highest BCUT2D eigenvalue weighted by Crippen LogP contribution is 2.33. The van der Waals surface area contributed by atoms with E-state index >= 15 is 0 Å². The summed E-state index contributed by atoms with van der Waals surface area (Å²) in [7, 11) is 0. The average molecular weight is 566 g/mol. The number of benzene rings is 2. The van der Waals surface area contributed by atoms with E-state index in [0.29, 0.717) is 49.5 Å². The molecule has 0 saturated carbocycles. The molecule has 2 N–H and O–H groups in total. The highest BCUT2D eigenvalue weighted by molar-refractivity contribution is 6.03. The van der Waals surface area contributed by atoms with E-state index in [1.165, 1.54) is 0 Å². The molecule has 3 amide bonds. The summed E-state index contributed by atoms with van der Waals surface area (Å²) in [5.41, 5.74) is 2.91. The lowest BCUT2D eigenvalue weighted by molar-refractivity contribution is -0.0113. The van der Waals surface area contributed by atoms with Crippen LogP contribution in [0.1, 0.15) is 85.9 Å². The smallest absolute Gasteiger partial charge is 0.410 e. The van der Waals surface area contributed by atoms with E-state index < -0.39 is 29.7 Å². The maximum absolute atomic E-state index is 13.4. The van der Waals surface area contributed by atoms with Gasteiger partial charge in [-0.1, -0.05) is 45.0 Å². The van der Waals surface area contributed by atoms with Crippen LogP contribution in [0.2, 0.25) is 0 Å². The molecular formula is C32H43N3O6. The molecule has 0 fully saturated rings. The Morgan fingerprint density at radius 1 is 1.05 bits per heavy atom. The molecule has 0 radical (unpaired) electrons. The van der Waals surface area contributed by atoms with E-state index in [-0.39, 0.29) is 17.9 Å². The summed E-state index contributed by atoms with van der Waals surface area (Å²) < 4.78 is 11.4. The molecule has 2 heterocycles. The first kappa shape index (κ1) is 30.4. The van der Waals surface area contributed by atoms with Crippen molar-refractivity contribution in [2.24, 2.45) is 5.41 Å². The van der Waals surface area contributed by atoms with E-state index in [9.17, 15) is 19.5 Å². The minimum Gasteiger partial charge on any atom is -0.493 e. The van der Waals surface area contributed by atoms with Gasteiger partial charge in [0.25, 0.3) is 11.8 Å². The van der Waals surface area contributed by atoms with Crippen molar-refractivity contribution in [3.63, 3.8) is 0 Å². The third-order valence-electron chi connectivity index (χ3n) is 7.13. The van der Waals surface area contributed by atoms with Crippen molar-refractivity contribution in [1.29, 1.82) is 0 Å². The fourth-order valence-corrected chi connectivity index (χ4v) is 5.39. The second kappa shape index (κ2) is 11.7. The molecule has 2 aliphatic heterocycles. The first-order chi connectivity index (χ1) is 19.2. The number of carbonyl (C=O) groups is 3. The first-order valence-corrected chi connectivity index (χ1v) is 14.3. The van der Waals surface area contributed by atoms with Crippen LogP contribution in [0.15, 0.2) is 36.4 Å². The SMILES string of the molecule is CCOc1cc2c(cc1C(=O)NC[C@@H](O)[C@@H]1Cc3ccccc3CN1C(=O)OC(C)(C)C)CN(CC(C)(C)C)C2=O. The molecule has 9 nitrogen and oxygen atoms in total. The number of hydrogen-bond donors (Lipinski definition) is 2. The Labute approximate surface area is 242 Å².